The highest BCUT2D eigenvalue weighted by Gasteiger charge is 2.28. The Morgan fingerprint density at radius 3 is 2.38 bits per heavy atom. The molecule has 0 saturated carbocycles. The van der Waals surface area contributed by atoms with Gasteiger partial charge in [0.25, 0.3) is 5.91 Å². The molecule has 0 aromatic heterocycles. The van der Waals surface area contributed by atoms with E-state index in [0.29, 0.717) is 10.2 Å². The molecule has 2 rings (SSSR count). The molecule has 2 aromatic carbocycles. The zero-order valence-corrected chi connectivity index (χ0v) is 18.3. The van der Waals surface area contributed by atoms with Crippen LogP contribution in [-0.4, -0.2) is 35.5 Å². The highest BCUT2D eigenvalue weighted by molar-refractivity contribution is 9.10. The van der Waals surface area contributed by atoms with Crippen LogP contribution in [-0.2, 0) is 14.3 Å². The number of rotatable bonds is 7. The molecule has 2 amide bonds. The van der Waals surface area contributed by atoms with Crippen LogP contribution in [0.2, 0.25) is 0 Å². The molecule has 2 aromatic rings. The summed E-state index contributed by atoms with van der Waals surface area (Å²) in [6.07, 6.45) is -0.520. The molecular weight excluding hydrogens is 512 g/mol. The van der Waals surface area contributed by atoms with Crippen molar-refractivity contribution in [1.82, 2.24) is 5.48 Å². The lowest BCUT2D eigenvalue weighted by atomic mass is 10.0. The molecule has 0 spiro atoms. The van der Waals surface area contributed by atoms with Crippen LogP contribution in [0.3, 0.4) is 0 Å². The SMILES string of the molecule is CO[C@H](/C=C/C(=O)NO)[C@H](OC(=O)Nc1ccc(Br)cc1)c1cc(Br)ccc1O. The van der Waals surface area contributed by atoms with Crippen molar-refractivity contribution in [3.8, 4) is 5.75 Å². The Kier molecular flexibility index (Phi) is 8.65. The standard InChI is InChI=1S/C19H18Br2N2O6/c1-28-16(8-9-17(25)23-27)18(14-10-12(21)4-7-15(14)24)29-19(26)22-13-5-2-11(20)3-6-13/h2-10,16,18,24,27H,1H3,(H,22,26)(H,23,25)/b9-8+/t16-,18-/m1/s1. The van der Waals surface area contributed by atoms with Gasteiger partial charge in [-0.1, -0.05) is 31.9 Å². The molecule has 0 bridgehead atoms. The number of anilines is 1. The van der Waals surface area contributed by atoms with Crippen LogP contribution >= 0.6 is 31.9 Å². The van der Waals surface area contributed by atoms with E-state index in [1.165, 1.54) is 24.7 Å². The summed E-state index contributed by atoms with van der Waals surface area (Å²) in [7, 11) is 1.35. The maximum atomic E-state index is 12.5. The van der Waals surface area contributed by atoms with Gasteiger partial charge in [-0.25, -0.2) is 10.3 Å². The highest BCUT2D eigenvalue weighted by Crippen LogP contribution is 2.34. The van der Waals surface area contributed by atoms with Crippen molar-refractivity contribution in [2.24, 2.45) is 0 Å². The second kappa shape index (κ2) is 11.0. The van der Waals surface area contributed by atoms with Crippen LogP contribution in [0.25, 0.3) is 0 Å². The summed E-state index contributed by atoms with van der Waals surface area (Å²) in [5.74, 6) is -0.916. The first-order valence-electron chi connectivity index (χ1n) is 8.20. The van der Waals surface area contributed by atoms with E-state index in [-0.39, 0.29) is 11.3 Å². The second-order valence-corrected chi connectivity index (χ2v) is 7.53. The minimum Gasteiger partial charge on any atom is -0.508 e. The zero-order chi connectivity index (χ0) is 21.4. The summed E-state index contributed by atoms with van der Waals surface area (Å²) in [5, 5.41) is 21.5. The van der Waals surface area contributed by atoms with Crippen molar-refractivity contribution in [2.45, 2.75) is 12.2 Å². The maximum Gasteiger partial charge on any atom is 0.412 e. The van der Waals surface area contributed by atoms with Crippen LogP contribution in [0.1, 0.15) is 11.7 Å². The van der Waals surface area contributed by atoms with Crippen LogP contribution in [0.15, 0.2) is 63.6 Å². The number of aromatic hydroxyl groups is 1. The molecule has 29 heavy (non-hydrogen) atoms. The molecule has 0 aliphatic heterocycles. The smallest absolute Gasteiger partial charge is 0.412 e. The van der Waals surface area contributed by atoms with Crippen LogP contribution < -0.4 is 10.8 Å². The number of hydroxylamine groups is 1. The average molecular weight is 530 g/mol. The van der Waals surface area contributed by atoms with Gasteiger partial charge in [0.2, 0.25) is 0 Å². The third kappa shape index (κ3) is 6.86. The number of phenolic OH excluding ortho intramolecular Hbond substituents is 1. The van der Waals surface area contributed by atoms with Crippen molar-refractivity contribution in [3.05, 3.63) is 69.1 Å². The fourth-order valence-electron chi connectivity index (χ4n) is 2.38. The van der Waals surface area contributed by atoms with Crippen molar-refractivity contribution < 1.29 is 29.4 Å². The summed E-state index contributed by atoms with van der Waals surface area (Å²) in [6.45, 7) is 0. The fraction of sp³-hybridized carbons (Fsp3) is 0.158. The molecule has 0 heterocycles. The van der Waals surface area contributed by atoms with Gasteiger partial charge in [0.15, 0.2) is 6.10 Å². The Morgan fingerprint density at radius 2 is 1.76 bits per heavy atom. The first-order valence-corrected chi connectivity index (χ1v) is 9.79. The van der Waals surface area contributed by atoms with Gasteiger partial charge in [0, 0.05) is 33.4 Å². The molecule has 4 N–H and O–H groups in total. The van der Waals surface area contributed by atoms with Crippen molar-refractivity contribution in [3.63, 3.8) is 0 Å². The van der Waals surface area contributed by atoms with Gasteiger partial charge < -0.3 is 14.6 Å². The number of carbonyl (C=O) groups is 2. The summed E-state index contributed by atoms with van der Waals surface area (Å²) in [4.78, 5) is 23.8. The quantitative estimate of drug-likeness (QED) is 0.241. The molecule has 0 aliphatic rings. The van der Waals surface area contributed by atoms with Crippen molar-refractivity contribution in [2.75, 3.05) is 12.4 Å². The number of benzene rings is 2. The number of carbonyl (C=O) groups excluding carboxylic acids is 2. The number of phenols is 1. The number of ether oxygens (including phenoxy) is 2. The number of nitrogens with one attached hydrogen (secondary N) is 2. The highest BCUT2D eigenvalue weighted by atomic mass is 79.9. The zero-order valence-electron chi connectivity index (χ0n) is 15.1. The Hall–Kier alpha value is -2.40. The predicted molar refractivity (Wildman–Crippen MR) is 113 cm³/mol. The maximum absolute atomic E-state index is 12.5. The minimum atomic E-state index is -1.10. The number of hydrogen-bond acceptors (Lipinski definition) is 6. The number of halogens is 2. The van der Waals surface area contributed by atoms with Crippen LogP contribution in [0, 0.1) is 0 Å². The van der Waals surface area contributed by atoms with Crippen molar-refractivity contribution >= 4 is 49.5 Å². The van der Waals surface area contributed by atoms with Gasteiger partial charge >= 0.3 is 6.09 Å². The van der Waals surface area contributed by atoms with Gasteiger partial charge in [0.1, 0.15) is 11.9 Å². The van der Waals surface area contributed by atoms with Gasteiger partial charge in [-0.3, -0.25) is 15.3 Å². The molecule has 8 nitrogen and oxygen atoms in total. The van der Waals surface area contributed by atoms with E-state index >= 15 is 0 Å². The van der Waals surface area contributed by atoms with Crippen LogP contribution in [0.4, 0.5) is 10.5 Å². The number of amides is 2. The number of hydrogen-bond donors (Lipinski definition) is 4. The molecule has 0 fully saturated rings. The van der Waals surface area contributed by atoms with Gasteiger partial charge in [0.05, 0.1) is 0 Å². The lowest BCUT2D eigenvalue weighted by Crippen LogP contribution is -2.27. The molecule has 0 aliphatic carbocycles. The third-order valence-electron chi connectivity index (χ3n) is 3.74. The van der Waals surface area contributed by atoms with E-state index in [4.69, 9.17) is 14.7 Å². The molecule has 154 valence electrons. The van der Waals surface area contributed by atoms with Crippen molar-refractivity contribution in [1.29, 1.82) is 0 Å². The normalized spacial score (nSPS) is 13.0. The van der Waals surface area contributed by atoms with E-state index in [1.807, 2.05) is 0 Å². The average Bonchev–Trinajstić information content (AvgIpc) is 2.70. The molecule has 2 atom stereocenters. The topological polar surface area (TPSA) is 117 Å². The number of methoxy groups -OCH3 is 1. The second-order valence-electron chi connectivity index (χ2n) is 5.70. The first-order chi connectivity index (χ1) is 13.8. The van der Waals surface area contributed by atoms with E-state index in [1.54, 1.807) is 36.4 Å². The third-order valence-corrected chi connectivity index (χ3v) is 4.76. The van der Waals surface area contributed by atoms with Gasteiger partial charge in [-0.15, -0.1) is 0 Å². The summed E-state index contributed by atoms with van der Waals surface area (Å²) >= 11 is 6.62. The Bertz CT molecular complexity index is 889. The summed E-state index contributed by atoms with van der Waals surface area (Å²) in [5.41, 5.74) is 2.21. The van der Waals surface area contributed by atoms with E-state index in [2.05, 4.69) is 37.2 Å². The van der Waals surface area contributed by atoms with E-state index in [9.17, 15) is 14.7 Å². The molecule has 0 unspecified atom stereocenters. The summed E-state index contributed by atoms with van der Waals surface area (Å²) < 4.78 is 12.3. The Labute approximate surface area is 183 Å². The molecular formula is C19H18Br2N2O6. The van der Waals surface area contributed by atoms with E-state index in [0.717, 1.165) is 10.5 Å². The Balaban J connectivity index is 2.31. The van der Waals surface area contributed by atoms with Gasteiger partial charge in [-0.2, -0.15) is 0 Å². The Morgan fingerprint density at radius 1 is 1.10 bits per heavy atom. The predicted octanol–water partition coefficient (Wildman–Crippen LogP) is 4.28. The monoisotopic (exact) mass is 528 g/mol. The van der Waals surface area contributed by atoms with Crippen LogP contribution in [0.5, 0.6) is 5.75 Å². The molecule has 0 radical (unpaired) electrons. The molecule has 10 heteroatoms. The van der Waals surface area contributed by atoms with Gasteiger partial charge in [-0.05, 0) is 48.5 Å². The first kappa shape index (κ1) is 22.9. The lowest BCUT2D eigenvalue weighted by molar-refractivity contribution is -0.124. The molecule has 0 saturated heterocycles. The lowest BCUT2D eigenvalue weighted by Gasteiger charge is -2.25. The largest absolute Gasteiger partial charge is 0.508 e. The summed E-state index contributed by atoms with van der Waals surface area (Å²) in [6, 6.07) is 11.5. The van der Waals surface area contributed by atoms with E-state index < -0.39 is 24.2 Å². The fourth-order valence-corrected chi connectivity index (χ4v) is 3.02. The minimum absolute atomic E-state index is 0.128.